The Labute approximate surface area is 78.5 Å². The predicted molar refractivity (Wildman–Crippen MR) is 51.3 cm³/mol. The minimum Gasteiger partial charge on any atom is -0.464 e. The van der Waals surface area contributed by atoms with Crippen LogP contribution in [0.15, 0.2) is 16.5 Å². The van der Waals surface area contributed by atoms with E-state index in [9.17, 15) is 0 Å². The third-order valence-electron chi connectivity index (χ3n) is 1.65. The zero-order valence-corrected chi connectivity index (χ0v) is 7.93. The molecule has 0 saturated carbocycles. The molecule has 0 radical (unpaired) electrons. The van der Waals surface area contributed by atoms with E-state index in [1.165, 1.54) is 0 Å². The maximum Gasteiger partial charge on any atom is 0.122 e. The van der Waals surface area contributed by atoms with Crippen LogP contribution >= 0.6 is 12.4 Å². The molecule has 3 nitrogen and oxygen atoms in total. The zero-order valence-electron chi connectivity index (χ0n) is 7.12. The second-order valence-corrected chi connectivity index (χ2v) is 2.50. The van der Waals surface area contributed by atoms with Crippen molar-refractivity contribution in [3.63, 3.8) is 0 Å². The molecule has 0 fully saturated rings. The molecule has 0 saturated heterocycles. The first-order valence-corrected chi connectivity index (χ1v) is 3.82. The molecule has 1 aromatic heterocycles. The van der Waals surface area contributed by atoms with E-state index in [4.69, 9.17) is 15.9 Å². The molecule has 1 rings (SSSR count). The smallest absolute Gasteiger partial charge is 0.122 e. The molecule has 0 amide bonds. The van der Waals surface area contributed by atoms with Crippen molar-refractivity contribution in [2.24, 2.45) is 11.5 Å². The van der Waals surface area contributed by atoms with Crippen molar-refractivity contribution in [1.29, 1.82) is 0 Å². The van der Waals surface area contributed by atoms with E-state index >= 15 is 0 Å². The first kappa shape index (κ1) is 11.5. The van der Waals surface area contributed by atoms with E-state index in [0.29, 0.717) is 6.54 Å². The largest absolute Gasteiger partial charge is 0.464 e. The second-order valence-electron chi connectivity index (χ2n) is 2.50. The fraction of sp³-hybridized carbons (Fsp3) is 0.500. The molecule has 0 spiro atoms. The van der Waals surface area contributed by atoms with Gasteiger partial charge in [0, 0.05) is 13.0 Å². The summed E-state index contributed by atoms with van der Waals surface area (Å²) >= 11 is 0. The summed E-state index contributed by atoms with van der Waals surface area (Å²) in [6.45, 7) is 2.47. The van der Waals surface area contributed by atoms with Gasteiger partial charge in [-0.05, 0) is 12.1 Å². The Bertz CT molecular complexity index is 225. The first-order chi connectivity index (χ1) is 5.27. The van der Waals surface area contributed by atoms with Crippen LogP contribution in [-0.2, 0) is 6.42 Å². The van der Waals surface area contributed by atoms with E-state index in [2.05, 4.69) is 0 Å². The summed E-state index contributed by atoms with van der Waals surface area (Å²) in [7, 11) is 0. The molecule has 0 aromatic carbocycles. The monoisotopic (exact) mass is 190 g/mol. The summed E-state index contributed by atoms with van der Waals surface area (Å²) in [5.41, 5.74) is 11.0. The lowest BCUT2D eigenvalue weighted by Gasteiger charge is -2.02. The van der Waals surface area contributed by atoms with Crippen LogP contribution in [0.1, 0.15) is 24.5 Å². The maximum absolute atomic E-state index is 5.64. The summed E-state index contributed by atoms with van der Waals surface area (Å²) in [4.78, 5) is 0. The van der Waals surface area contributed by atoms with Crippen LogP contribution in [0.5, 0.6) is 0 Å². The topological polar surface area (TPSA) is 65.2 Å². The highest BCUT2D eigenvalue weighted by Gasteiger charge is 2.07. The second kappa shape index (κ2) is 5.19. The van der Waals surface area contributed by atoms with Crippen LogP contribution in [0.25, 0.3) is 0 Å². The van der Waals surface area contributed by atoms with Crippen molar-refractivity contribution in [1.82, 2.24) is 0 Å². The van der Waals surface area contributed by atoms with Crippen LogP contribution in [0.3, 0.4) is 0 Å². The van der Waals surface area contributed by atoms with Crippen LogP contribution in [0.4, 0.5) is 0 Å². The lowest BCUT2D eigenvalue weighted by atomic mass is 10.2. The Morgan fingerprint density at radius 1 is 1.50 bits per heavy atom. The number of furan rings is 1. The Morgan fingerprint density at radius 3 is 2.58 bits per heavy atom. The summed E-state index contributed by atoms with van der Waals surface area (Å²) in [6, 6.07) is 3.66. The molecule has 0 bridgehead atoms. The third-order valence-corrected chi connectivity index (χ3v) is 1.65. The van der Waals surface area contributed by atoms with Gasteiger partial charge < -0.3 is 15.9 Å². The normalized spacial score (nSPS) is 12.2. The first-order valence-electron chi connectivity index (χ1n) is 3.82. The van der Waals surface area contributed by atoms with Gasteiger partial charge in [0.05, 0.1) is 6.04 Å². The molecular weight excluding hydrogens is 176 g/mol. The fourth-order valence-corrected chi connectivity index (χ4v) is 0.900. The highest BCUT2D eigenvalue weighted by molar-refractivity contribution is 5.85. The molecule has 0 aliphatic carbocycles. The minimum atomic E-state index is -0.157. The van der Waals surface area contributed by atoms with Gasteiger partial charge in [-0.2, -0.15) is 0 Å². The van der Waals surface area contributed by atoms with Crippen LogP contribution in [0, 0.1) is 0 Å². The van der Waals surface area contributed by atoms with Gasteiger partial charge in [0.15, 0.2) is 0 Å². The molecule has 1 heterocycles. The number of halogens is 1. The van der Waals surface area contributed by atoms with Gasteiger partial charge >= 0.3 is 0 Å². The number of hydrogen-bond acceptors (Lipinski definition) is 3. The van der Waals surface area contributed by atoms with Crippen LogP contribution in [0.2, 0.25) is 0 Å². The molecule has 70 valence electrons. The molecular formula is C8H15ClN2O. The zero-order chi connectivity index (χ0) is 8.27. The van der Waals surface area contributed by atoms with Gasteiger partial charge in [-0.1, -0.05) is 6.92 Å². The van der Waals surface area contributed by atoms with Crippen molar-refractivity contribution in [3.05, 3.63) is 23.7 Å². The van der Waals surface area contributed by atoms with Gasteiger partial charge in [-0.25, -0.2) is 0 Å². The van der Waals surface area contributed by atoms with Crippen molar-refractivity contribution >= 4 is 12.4 Å². The van der Waals surface area contributed by atoms with Crippen molar-refractivity contribution < 1.29 is 4.42 Å². The van der Waals surface area contributed by atoms with E-state index in [0.717, 1.165) is 17.9 Å². The van der Waals surface area contributed by atoms with Crippen LogP contribution in [-0.4, -0.2) is 6.54 Å². The van der Waals surface area contributed by atoms with Crippen molar-refractivity contribution in [2.75, 3.05) is 6.54 Å². The van der Waals surface area contributed by atoms with E-state index in [-0.39, 0.29) is 18.4 Å². The molecule has 0 aliphatic rings. The Morgan fingerprint density at radius 2 is 2.17 bits per heavy atom. The highest BCUT2D eigenvalue weighted by atomic mass is 35.5. The Hall–Kier alpha value is -0.510. The molecule has 4 N–H and O–H groups in total. The number of nitrogens with two attached hydrogens (primary N) is 2. The maximum atomic E-state index is 5.64. The fourth-order valence-electron chi connectivity index (χ4n) is 0.900. The van der Waals surface area contributed by atoms with Gasteiger partial charge in [0.25, 0.3) is 0 Å². The standard InChI is InChI=1S/C8H14N2O.ClH/c1-2-6-3-4-8(11-6)7(10)5-9;/h3-4,7H,2,5,9-10H2,1H3;1H/t7-;/m1./s1. The molecule has 4 heteroatoms. The van der Waals surface area contributed by atoms with Crippen molar-refractivity contribution in [3.8, 4) is 0 Å². The van der Waals surface area contributed by atoms with Gasteiger partial charge in [0.1, 0.15) is 11.5 Å². The average molecular weight is 191 g/mol. The number of hydrogen-bond donors (Lipinski definition) is 2. The summed E-state index contributed by atoms with van der Waals surface area (Å²) in [5.74, 6) is 1.74. The Balaban J connectivity index is 0.00000121. The van der Waals surface area contributed by atoms with Crippen LogP contribution < -0.4 is 11.5 Å². The van der Waals surface area contributed by atoms with Gasteiger partial charge in [0.2, 0.25) is 0 Å². The summed E-state index contributed by atoms with van der Waals surface area (Å²) in [6.07, 6.45) is 0.900. The van der Waals surface area contributed by atoms with E-state index < -0.39 is 0 Å². The Kier molecular flexibility index (Phi) is 4.97. The summed E-state index contributed by atoms with van der Waals surface area (Å²) in [5, 5.41) is 0. The number of rotatable bonds is 3. The van der Waals surface area contributed by atoms with E-state index in [1.807, 2.05) is 19.1 Å². The minimum absolute atomic E-state index is 0. The van der Waals surface area contributed by atoms with Gasteiger partial charge in [-0.15, -0.1) is 12.4 Å². The average Bonchev–Trinajstić information content (AvgIpc) is 2.50. The highest BCUT2D eigenvalue weighted by Crippen LogP contribution is 2.13. The lowest BCUT2D eigenvalue weighted by Crippen LogP contribution is -2.19. The SMILES string of the molecule is CCc1ccc([C@H](N)CN)o1.Cl. The quantitative estimate of drug-likeness (QED) is 0.754. The van der Waals surface area contributed by atoms with Crippen molar-refractivity contribution in [2.45, 2.75) is 19.4 Å². The predicted octanol–water partition coefficient (Wildman–Crippen LogP) is 1.22. The summed E-state index contributed by atoms with van der Waals surface area (Å²) < 4.78 is 5.38. The number of aryl methyl sites for hydroxylation is 1. The third kappa shape index (κ3) is 2.52. The molecule has 0 aliphatic heterocycles. The molecule has 0 unspecified atom stereocenters. The van der Waals surface area contributed by atoms with E-state index in [1.54, 1.807) is 0 Å². The molecule has 1 atom stereocenters. The molecule has 1 aromatic rings. The molecule has 12 heavy (non-hydrogen) atoms. The lowest BCUT2D eigenvalue weighted by molar-refractivity contribution is 0.438. The van der Waals surface area contributed by atoms with Gasteiger partial charge in [-0.3, -0.25) is 0 Å².